The van der Waals surface area contributed by atoms with Gasteiger partial charge in [-0.3, -0.25) is 0 Å². The zero-order valence-corrected chi connectivity index (χ0v) is 10.6. The van der Waals surface area contributed by atoms with Crippen molar-refractivity contribution in [3.63, 3.8) is 0 Å². The van der Waals surface area contributed by atoms with E-state index < -0.39 is 0 Å². The summed E-state index contributed by atoms with van der Waals surface area (Å²) in [7, 11) is 0. The van der Waals surface area contributed by atoms with Crippen LogP contribution in [0.5, 0.6) is 0 Å². The summed E-state index contributed by atoms with van der Waals surface area (Å²) in [4.78, 5) is 0. The van der Waals surface area contributed by atoms with Gasteiger partial charge in [-0.1, -0.05) is 34.6 Å². The lowest BCUT2D eigenvalue weighted by molar-refractivity contribution is 0.364. The minimum atomic E-state index is 0.615. The van der Waals surface area contributed by atoms with E-state index in [0.29, 0.717) is 5.41 Å². The van der Waals surface area contributed by atoms with Gasteiger partial charge in [-0.05, 0) is 43.1 Å². The SMILES string of the molecule is CCNC(CCC(C)C)C1CC1(C)C. The van der Waals surface area contributed by atoms with Crippen molar-refractivity contribution in [1.29, 1.82) is 0 Å². The summed E-state index contributed by atoms with van der Waals surface area (Å²) < 4.78 is 0. The molecule has 0 aromatic carbocycles. The molecule has 0 heterocycles. The summed E-state index contributed by atoms with van der Waals surface area (Å²) in [5.41, 5.74) is 0.615. The molecule has 1 saturated carbocycles. The molecular formula is C13H27N. The molecule has 1 fully saturated rings. The summed E-state index contributed by atoms with van der Waals surface area (Å²) in [6, 6.07) is 0.775. The first kappa shape index (κ1) is 12.0. The van der Waals surface area contributed by atoms with Crippen LogP contribution in [0.15, 0.2) is 0 Å². The standard InChI is InChI=1S/C13H27N/c1-6-14-12(8-7-10(2)3)11-9-13(11,4)5/h10-12,14H,6-9H2,1-5H3. The van der Waals surface area contributed by atoms with E-state index in [2.05, 4.69) is 39.9 Å². The first-order valence-corrected chi connectivity index (χ1v) is 6.20. The topological polar surface area (TPSA) is 12.0 Å². The summed E-state index contributed by atoms with van der Waals surface area (Å²) in [5.74, 6) is 1.78. The van der Waals surface area contributed by atoms with Gasteiger partial charge in [0.15, 0.2) is 0 Å². The Morgan fingerprint density at radius 1 is 1.29 bits per heavy atom. The fourth-order valence-electron chi connectivity index (χ4n) is 2.42. The number of hydrogen-bond acceptors (Lipinski definition) is 1. The number of rotatable bonds is 6. The Bertz CT molecular complexity index is 172. The molecule has 0 radical (unpaired) electrons. The minimum absolute atomic E-state index is 0.615. The highest BCUT2D eigenvalue weighted by atomic mass is 14.9. The second kappa shape index (κ2) is 4.65. The van der Waals surface area contributed by atoms with E-state index in [0.717, 1.165) is 24.4 Å². The normalized spacial score (nSPS) is 26.6. The molecule has 0 saturated heterocycles. The molecule has 0 bridgehead atoms. The van der Waals surface area contributed by atoms with Gasteiger partial charge in [0.1, 0.15) is 0 Å². The van der Waals surface area contributed by atoms with Gasteiger partial charge in [0.05, 0.1) is 0 Å². The van der Waals surface area contributed by atoms with Gasteiger partial charge >= 0.3 is 0 Å². The molecule has 1 rings (SSSR count). The van der Waals surface area contributed by atoms with E-state index in [1.807, 2.05) is 0 Å². The average molecular weight is 197 g/mol. The van der Waals surface area contributed by atoms with Crippen LogP contribution in [0.25, 0.3) is 0 Å². The Kier molecular flexibility index (Phi) is 4.00. The molecule has 1 aliphatic rings. The van der Waals surface area contributed by atoms with Gasteiger partial charge in [0.2, 0.25) is 0 Å². The molecule has 1 nitrogen and oxygen atoms in total. The third kappa shape index (κ3) is 3.27. The molecule has 0 amide bonds. The molecule has 1 aliphatic carbocycles. The van der Waals surface area contributed by atoms with Crippen LogP contribution >= 0.6 is 0 Å². The second-order valence-electron chi connectivity index (χ2n) is 5.93. The highest BCUT2D eigenvalue weighted by Crippen LogP contribution is 2.54. The van der Waals surface area contributed by atoms with Gasteiger partial charge in [-0.25, -0.2) is 0 Å². The third-order valence-corrected chi connectivity index (χ3v) is 3.60. The quantitative estimate of drug-likeness (QED) is 0.688. The van der Waals surface area contributed by atoms with Crippen molar-refractivity contribution in [3.8, 4) is 0 Å². The zero-order valence-electron chi connectivity index (χ0n) is 10.6. The summed E-state index contributed by atoms with van der Waals surface area (Å²) in [6.45, 7) is 12.8. The molecule has 0 aromatic heterocycles. The molecule has 0 spiro atoms. The number of hydrogen-bond donors (Lipinski definition) is 1. The van der Waals surface area contributed by atoms with E-state index in [-0.39, 0.29) is 0 Å². The van der Waals surface area contributed by atoms with Crippen LogP contribution in [-0.2, 0) is 0 Å². The predicted molar refractivity (Wildman–Crippen MR) is 63.4 cm³/mol. The molecule has 2 atom stereocenters. The van der Waals surface area contributed by atoms with Crippen LogP contribution in [-0.4, -0.2) is 12.6 Å². The fourth-order valence-corrected chi connectivity index (χ4v) is 2.42. The van der Waals surface area contributed by atoms with Crippen LogP contribution in [0.1, 0.15) is 53.9 Å². The lowest BCUT2D eigenvalue weighted by atomic mass is 9.96. The minimum Gasteiger partial charge on any atom is -0.314 e. The molecular weight excluding hydrogens is 170 g/mol. The van der Waals surface area contributed by atoms with Crippen LogP contribution in [0.2, 0.25) is 0 Å². The van der Waals surface area contributed by atoms with Gasteiger partial charge in [-0.15, -0.1) is 0 Å². The van der Waals surface area contributed by atoms with Crippen molar-refractivity contribution in [2.24, 2.45) is 17.3 Å². The fraction of sp³-hybridized carbons (Fsp3) is 1.00. The Morgan fingerprint density at radius 2 is 1.86 bits per heavy atom. The maximum absolute atomic E-state index is 3.66. The first-order chi connectivity index (χ1) is 6.47. The van der Waals surface area contributed by atoms with Crippen molar-refractivity contribution < 1.29 is 0 Å². The van der Waals surface area contributed by atoms with Crippen LogP contribution in [0.3, 0.4) is 0 Å². The first-order valence-electron chi connectivity index (χ1n) is 6.20. The van der Waals surface area contributed by atoms with Gasteiger partial charge in [-0.2, -0.15) is 0 Å². The third-order valence-electron chi connectivity index (χ3n) is 3.60. The second-order valence-corrected chi connectivity index (χ2v) is 5.93. The summed E-state index contributed by atoms with van der Waals surface area (Å²) in [6.07, 6.45) is 4.15. The molecule has 0 aliphatic heterocycles. The van der Waals surface area contributed by atoms with Crippen molar-refractivity contribution in [1.82, 2.24) is 5.32 Å². The van der Waals surface area contributed by atoms with E-state index in [1.165, 1.54) is 19.3 Å². The zero-order chi connectivity index (χ0) is 10.8. The smallest absolute Gasteiger partial charge is 0.0101 e. The maximum atomic E-state index is 3.66. The summed E-state index contributed by atoms with van der Waals surface area (Å²) >= 11 is 0. The summed E-state index contributed by atoms with van der Waals surface area (Å²) in [5, 5.41) is 3.66. The van der Waals surface area contributed by atoms with Crippen molar-refractivity contribution in [2.75, 3.05) is 6.54 Å². The Morgan fingerprint density at radius 3 is 2.21 bits per heavy atom. The van der Waals surface area contributed by atoms with E-state index >= 15 is 0 Å². The lowest BCUT2D eigenvalue weighted by Crippen LogP contribution is -2.32. The molecule has 1 heteroatoms. The van der Waals surface area contributed by atoms with Crippen LogP contribution in [0.4, 0.5) is 0 Å². The monoisotopic (exact) mass is 197 g/mol. The van der Waals surface area contributed by atoms with E-state index in [1.54, 1.807) is 0 Å². The van der Waals surface area contributed by atoms with E-state index in [4.69, 9.17) is 0 Å². The van der Waals surface area contributed by atoms with Gasteiger partial charge in [0, 0.05) is 6.04 Å². The molecule has 84 valence electrons. The van der Waals surface area contributed by atoms with Gasteiger partial charge < -0.3 is 5.32 Å². The maximum Gasteiger partial charge on any atom is 0.0101 e. The van der Waals surface area contributed by atoms with Crippen LogP contribution < -0.4 is 5.32 Å². The van der Waals surface area contributed by atoms with Crippen molar-refractivity contribution in [2.45, 2.75) is 59.9 Å². The Hall–Kier alpha value is -0.0400. The molecule has 14 heavy (non-hydrogen) atoms. The lowest BCUT2D eigenvalue weighted by Gasteiger charge is -2.20. The Labute approximate surface area is 89.7 Å². The van der Waals surface area contributed by atoms with Crippen molar-refractivity contribution in [3.05, 3.63) is 0 Å². The average Bonchev–Trinajstić information content (AvgIpc) is 2.68. The molecule has 2 unspecified atom stereocenters. The van der Waals surface area contributed by atoms with Crippen molar-refractivity contribution >= 4 is 0 Å². The largest absolute Gasteiger partial charge is 0.314 e. The Balaban J connectivity index is 2.33. The number of nitrogens with one attached hydrogen (secondary N) is 1. The predicted octanol–water partition coefficient (Wildman–Crippen LogP) is 3.45. The van der Waals surface area contributed by atoms with E-state index in [9.17, 15) is 0 Å². The molecule has 1 N–H and O–H groups in total. The van der Waals surface area contributed by atoms with Gasteiger partial charge in [0.25, 0.3) is 0 Å². The highest BCUT2D eigenvalue weighted by molar-refractivity contribution is 5.01. The highest BCUT2D eigenvalue weighted by Gasteiger charge is 2.49. The van der Waals surface area contributed by atoms with Crippen LogP contribution in [0, 0.1) is 17.3 Å². The molecule has 0 aromatic rings.